The lowest BCUT2D eigenvalue weighted by Crippen LogP contribution is -2.33. The Balaban J connectivity index is 2.92. The van der Waals surface area contributed by atoms with Gasteiger partial charge >= 0.3 is 0 Å². The van der Waals surface area contributed by atoms with E-state index in [2.05, 4.69) is 29.1 Å². The lowest BCUT2D eigenvalue weighted by molar-refractivity contribution is -0.118. The zero-order valence-corrected chi connectivity index (χ0v) is 10.1. The Morgan fingerprint density at radius 1 is 1.38 bits per heavy atom. The second kappa shape index (κ2) is 4.92. The first-order valence-electron chi connectivity index (χ1n) is 5.31. The van der Waals surface area contributed by atoms with Crippen LogP contribution in [0.3, 0.4) is 0 Å². The summed E-state index contributed by atoms with van der Waals surface area (Å²) in [7, 11) is 0. The number of amides is 1. The summed E-state index contributed by atoms with van der Waals surface area (Å²) in [4.78, 5) is 19.4. The minimum absolute atomic E-state index is 0.325. The van der Waals surface area contributed by atoms with Crippen molar-refractivity contribution in [2.75, 3.05) is 5.32 Å². The number of rotatable bonds is 4. The van der Waals surface area contributed by atoms with Crippen LogP contribution < -0.4 is 11.1 Å². The summed E-state index contributed by atoms with van der Waals surface area (Å²) >= 11 is 0. The highest BCUT2D eigenvalue weighted by Gasteiger charge is 2.11. The molecule has 1 aromatic rings. The van der Waals surface area contributed by atoms with E-state index >= 15 is 0 Å². The number of aryl methyl sites for hydroxylation is 1. The van der Waals surface area contributed by atoms with Crippen LogP contribution in [0.5, 0.6) is 0 Å². The van der Waals surface area contributed by atoms with Gasteiger partial charge in [-0.1, -0.05) is 13.8 Å². The second-order valence-corrected chi connectivity index (χ2v) is 4.18. The molecule has 1 rings (SSSR count). The van der Waals surface area contributed by atoms with Crippen LogP contribution in [0.2, 0.25) is 0 Å². The summed E-state index contributed by atoms with van der Waals surface area (Å²) in [5.41, 5.74) is 6.99. The molecule has 16 heavy (non-hydrogen) atoms. The summed E-state index contributed by atoms with van der Waals surface area (Å²) in [6.07, 6.45) is 0. The third-order valence-electron chi connectivity index (χ3n) is 2.24. The number of nitrogens with one attached hydrogen (secondary N) is 1. The molecular formula is C11H18N4O. The van der Waals surface area contributed by atoms with Gasteiger partial charge in [-0.3, -0.25) is 4.79 Å². The van der Waals surface area contributed by atoms with Crippen LogP contribution in [-0.4, -0.2) is 21.9 Å². The number of hydrogen-bond donors (Lipinski definition) is 2. The summed E-state index contributed by atoms with van der Waals surface area (Å²) in [6.45, 7) is 7.70. The van der Waals surface area contributed by atoms with Gasteiger partial charge in [-0.2, -0.15) is 0 Å². The molecule has 3 N–H and O–H groups in total. The molecule has 0 radical (unpaired) electrons. The molecule has 0 aromatic carbocycles. The maximum atomic E-state index is 10.9. The Labute approximate surface area is 95.5 Å². The number of primary amides is 1. The first-order chi connectivity index (χ1) is 7.40. The van der Waals surface area contributed by atoms with Gasteiger partial charge in [-0.15, -0.1) is 0 Å². The smallest absolute Gasteiger partial charge is 0.239 e. The fourth-order valence-corrected chi connectivity index (χ4v) is 1.22. The van der Waals surface area contributed by atoms with Crippen LogP contribution in [0.25, 0.3) is 0 Å². The molecule has 0 bridgehead atoms. The van der Waals surface area contributed by atoms with Gasteiger partial charge in [0.05, 0.1) is 0 Å². The van der Waals surface area contributed by atoms with Crippen molar-refractivity contribution in [1.82, 2.24) is 9.97 Å². The average Bonchev–Trinajstić information content (AvgIpc) is 2.16. The first-order valence-corrected chi connectivity index (χ1v) is 5.31. The third-order valence-corrected chi connectivity index (χ3v) is 2.24. The van der Waals surface area contributed by atoms with E-state index in [0.29, 0.717) is 11.9 Å². The summed E-state index contributed by atoms with van der Waals surface area (Å²) in [6, 6.07) is 1.46. The topological polar surface area (TPSA) is 80.9 Å². The van der Waals surface area contributed by atoms with Gasteiger partial charge in [0.1, 0.15) is 6.04 Å². The number of nitrogens with zero attached hydrogens (tertiary/aromatic N) is 2. The fourth-order valence-electron chi connectivity index (χ4n) is 1.22. The monoisotopic (exact) mass is 222 g/mol. The van der Waals surface area contributed by atoms with Crippen molar-refractivity contribution in [3.63, 3.8) is 0 Å². The zero-order valence-electron chi connectivity index (χ0n) is 10.1. The first kappa shape index (κ1) is 12.4. The van der Waals surface area contributed by atoms with Crippen molar-refractivity contribution in [2.24, 2.45) is 5.73 Å². The molecule has 1 amide bonds. The molecule has 0 aliphatic heterocycles. The maximum absolute atomic E-state index is 10.9. The Morgan fingerprint density at radius 3 is 2.50 bits per heavy atom. The minimum Gasteiger partial charge on any atom is -0.368 e. The van der Waals surface area contributed by atoms with Gasteiger partial charge < -0.3 is 11.1 Å². The molecule has 1 unspecified atom stereocenters. The molecule has 0 saturated carbocycles. The second-order valence-electron chi connectivity index (χ2n) is 4.18. The number of aromatic nitrogens is 2. The number of anilines is 1. The predicted molar refractivity (Wildman–Crippen MR) is 63.1 cm³/mol. The van der Waals surface area contributed by atoms with E-state index in [9.17, 15) is 4.79 Å². The van der Waals surface area contributed by atoms with Gasteiger partial charge in [0.15, 0.2) is 0 Å². The third kappa shape index (κ3) is 3.18. The zero-order chi connectivity index (χ0) is 12.3. The highest BCUT2D eigenvalue weighted by atomic mass is 16.1. The van der Waals surface area contributed by atoms with Crippen LogP contribution in [0.4, 0.5) is 5.95 Å². The average molecular weight is 222 g/mol. The molecule has 0 fully saturated rings. The SMILES string of the molecule is Cc1cc(C(C)C)nc(NC(C)C(N)=O)n1. The molecule has 0 aliphatic carbocycles. The van der Waals surface area contributed by atoms with Crippen molar-refractivity contribution in [3.8, 4) is 0 Å². The van der Waals surface area contributed by atoms with E-state index in [1.165, 1.54) is 0 Å². The van der Waals surface area contributed by atoms with Crippen molar-refractivity contribution in [1.29, 1.82) is 0 Å². The minimum atomic E-state index is -0.471. The molecule has 0 saturated heterocycles. The lowest BCUT2D eigenvalue weighted by Gasteiger charge is -2.12. The van der Waals surface area contributed by atoms with Gasteiger partial charge in [0.2, 0.25) is 11.9 Å². The van der Waals surface area contributed by atoms with Crippen LogP contribution in [0.1, 0.15) is 38.1 Å². The number of carbonyl (C=O) groups excluding carboxylic acids is 1. The van der Waals surface area contributed by atoms with Gasteiger partial charge in [0, 0.05) is 11.4 Å². The molecule has 88 valence electrons. The van der Waals surface area contributed by atoms with Gasteiger partial charge in [0.25, 0.3) is 0 Å². The number of carbonyl (C=O) groups is 1. The summed E-state index contributed by atoms with van der Waals surface area (Å²) in [5, 5.41) is 2.88. The lowest BCUT2D eigenvalue weighted by atomic mass is 10.1. The van der Waals surface area contributed by atoms with Gasteiger partial charge in [-0.25, -0.2) is 9.97 Å². The standard InChI is InChI=1S/C11H18N4O/c1-6(2)9-5-7(3)13-11(15-9)14-8(4)10(12)16/h5-6,8H,1-4H3,(H2,12,16)(H,13,14,15). The van der Waals surface area contributed by atoms with Crippen molar-refractivity contribution < 1.29 is 4.79 Å². The van der Waals surface area contributed by atoms with E-state index in [1.807, 2.05) is 13.0 Å². The summed E-state index contributed by atoms with van der Waals surface area (Å²) < 4.78 is 0. The predicted octanol–water partition coefficient (Wildman–Crippen LogP) is 1.19. The molecule has 1 aromatic heterocycles. The highest BCUT2D eigenvalue weighted by molar-refractivity contribution is 5.81. The van der Waals surface area contributed by atoms with E-state index < -0.39 is 11.9 Å². The van der Waals surface area contributed by atoms with E-state index in [1.54, 1.807) is 6.92 Å². The number of hydrogen-bond acceptors (Lipinski definition) is 4. The van der Waals surface area contributed by atoms with Crippen molar-refractivity contribution >= 4 is 11.9 Å². The molecule has 5 nitrogen and oxygen atoms in total. The van der Waals surface area contributed by atoms with Crippen LogP contribution in [-0.2, 0) is 4.79 Å². The number of nitrogens with two attached hydrogens (primary N) is 1. The Morgan fingerprint density at radius 2 is 2.00 bits per heavy atom. The molecule has 0 aliphatic rings. The van der Waals surface area contributed by atoms with Crippen LogP contribution in [0.15, 0.2) is 6.07 Å². The Bertz CT molecular complexity index is 390. The van der Waals surface area contributed by atoms with E-state index in [4.69, 9.17) is 5.73 Å². The fraction of sp³-hybridized carbons (Fsp3) is 0.545. The molecule has 5 heteroatoms. The van der Waals surface area contributed by atoms with E-state index in [-0.39, 0.29) is 0 Å². The highest BCUT2D eigenvalue weighted by Crippen LogP contribution is 2.14. The summed E-state index contributed by atoms with van der Waals surface area (Å²) in [5.74, 6) is 0.359. The van der Waals surface area contributed by atoms with Crippen LogP contribution >= 0.6 is 0 Å². The maximum Gasteiger partial charge on any atom is 0.239 e. The quantitative estimate of drug-likeness (QED) is 0.802. The largest absolute Gasteiger partial charge is 0.368 e. The van der Waals surface area contributed by atoms with Crippen molar-refractivity contribution in [3.05, 3.63) is 17.5 Å². The molecule has 1 atom stereocenters. The molecule has 1 heterocycles. The van der Waals surface area contributed by atoms with E-state index in [0.717, 1.165) is 11.4 Å². The molecular weight excluding hydrogens is 204 g/mol. The van der Waals surface area contributed by atoms with Crippen molar-refractivity contribution in [2.45, 2.75) is 39.7 Å². The Kier molecular flexibility index (Phi) is 3.82. The normalized spacial score (nSPS) is 12.6. The van der Waals surface area contributed by atoms with Gasteiger partial charge in [-0.05, 0) is 25.8 Å². The Hall–Kier alpha value is -1.65. The molecule has 0 spiro atoms. The van der Waals surface area contributed by atoms with Crippen LogP contribution in [0, 0.1) is 6.92 Å².